The van der Waals surface area contributed by atoms with Crippen LogP contribution in [0.25, 0.3) is 0 Å². The van der Waals surface area contributed by atoms with Crippen molar-refractivity contribution in [3.8, 4) is 0 Å². The minimum absolute atomic E-state index is 0.0271. The summed E-state index contributed by atoms with van der Waals surface area (Å²) in [6, 6.07) is 0.608. The van der Waals surface area contributed by atoms with Gasteiger partial charge in [-0.25, -0.2) is 0 Å². The second kappa shape index (κ2) is 7.10. The van der Waals surface area contributed by atoms with Crippen molar-refractivity contribution in [2.75, 3.05) is 40.8 Å². The van der Waals surface area contributed by atoms with Crippen LogP contribution in [0, 0.1) is 11.8 Å². The van der Waals surface area contributed by atoms with E-state index in [1.54, 1.807) is 0 Å². The van der Waals surface area contributed by atoms with Crippen molar-refractivity contribution in [2.24, 2.45) is 11.8 Å². The molecule has 1 aliphatic rings. The standard InChI is InChI=1S/C14H28N2O2/c1-11(2)16-8-6-12(7-9-16)13(10-15(3)4)14(17)18-5/h11-13H,6-10H2,1-5H3. The molecule has 1 atom stereocenters. The van der Waals surface area contributed by atoms with Gasteiger partial charge < -0.3 is 14.5 Å². The molecule has 0 aromatic carbocycles. The van der Waals surface area contributed by atoms with Crippen LogP contribution in [0.5, 0.6) is 0 Å². The molecule has 1 saturated heterocycles. The lowest BCUT2D eigenvalue weighted by Gasteiger charge is -2.37. The Bertz CT molecular complexity index is 259. The molecular weight excluding hydrogens is 228 g/mol. The Balaban J connectivity index is 2.57. The number of ether oxygens (including phenoxy) is 1. The first-order valence-corrected chi connectivity index (χ1v) is 6.92. The molecule has 1 aliphatic heterocycles. The van der Waals surface area contributed by atoms with Gasteiger partial charge in [0.2, 0.25) is 0 Å². The lowest BCUT2D eigenvalue weighted by molar-refractivity contribution is -0.148. The predicted octanol–water partition coefficient (Wildman–Crippen LogP) is 1.46. The summed E-state index contributed by atoms with van der Waals surface area (Å²) in [6.45, 7) is 7.46. The molecule has 0 spiro atoms. The Hall–Kier alpha value is -0.610. The summed E-state index contributed by atoms with van der Waals surface area (Å²) in [5, 5.41) is 0. The Morgan fingerprint density at radius 1 is 1.33 bits per heavy atom. The minimum atomic E-state index is -0.0494. The van der Waals surface area contributed by atoms with Crippen molar-refractivity contribution in [1.29, 1.82) is 0 Å². The predicted molar refractivity (Wildman–Crippen MR) is 73.5 cm³/mol. The maximum Gasteiger partial charge on any atom is 0.310 e. The molecule has 4 nitrogen and oxygen atoms in total. The molecule has 1 rings (SSSR count). The van der Waals surface area contributed by atoms with Crippen molar-refractivity contribution in [2.45, 2.75) is 32.7 Å². The van der Waals surface area contributed by atoms with Crippen molar-refractivity contribution in [3.63, 3.8) is 0 Å². The fourth-order valence-electron chi connectivity index (χ4n) is 2.80. The van der Waals surface area contributed by atoms with Crippen LogP contribution in [0.15, 0.2) is 0 Å². The van der Waals surface area contributed by atoms with Gasteiger partial charge in [0.15, 0.2) is 0 Å². The largest absolute Gasteiger partial charge is 0.469 e. The van der Waals surface area contributed by atoms with E-state index in [-0.39, 0.29) is 11.9 Å². The summed E-state index contributed by atoms with van der Waals surface area (Å²) in [7, 11) is 5.52. The average Bonchev–Trinajstić information content (AvgIpc) is 2.35. The molecule has 1 unspecified atom stereocenters. The van der Waals surface area contributed by atoms with Gasteiger partial charge in [-0.2, -0.15) is 0 Å². The van der Waals surface area contributed by atoms with Crippen LogP contribution in [0.4, 0.5) is 0 Å². The number of methoxy groups -OCH3 is 1. The van der Waals surface area contributed by atoms with E-state index in [1.807, 2.05) is 14.1 Å². The third kappa shape index (κ3) is 4.25. The highest BCUT2D eigenvalue weighted by Crippen LogP contribution is 2.27. The molecule has 0 radical (unpaired) electrons. The fraction of sp³-hybridized carbons (Fsp3) is 0.929. The van der Waals surface area contributed by atoms with Gasteiger partial charge in [-0.1, -0.05) is 0 Å². The van der Waals surface area contributed by atoms with E-state index >= 15 is 0 Å². The number of likely N-dealkylation sites (tertiary alicyclic amines) is 1. The van der Waals surface area contributed by atoms with Gasteiger partial charge in [0.25, 0.3) is 0 Å². The average molecular weight is 256 g/mol. The zero-order valence-corrected chi connectivity index (χ0v) is 12.5. The molecule has 1 heterocycles. The van der Waals surface area contributed by atoms with Gasteiger partial charge in [-0.05, 0) is 59.8 Å². The van der Waals surface area contributed by atoms with Crippen LogP contribution >= 0.6 is 0 Å². The van der Waals surface area contributed by atoms with E-state index in [0.29, 0.717) is 12.0 Å². The molecule has 0 aromatic rings. The molecule has 0 aromatic heterocycles. The van der Waals surface area contributed by atoms with Gasteiger partial charge >= 0.3 is 5.97 Å². The molecule has 0 amide bonds. The Kier molecular flexibility index (Phi) is 6.09. The third-order valence-electron chi connectivity index (χ3n) is 3.94. The number of nitrogens with zero attached hydrogens (tertiary/aromatic N) is 2. The molecule has 0 aliphatic carbocycles. The molecule has 106 valence electrons. The Morgan fingerprint density at radius 2 is 1.89 bits per heavy atom. The summed E-state index contributed by atoms with van der Waals surface area (Å²) in [6.07, 6.45) is 2.21. The van der Waals surface area contributed by atoms with Gasteiger partial charge in [0.1, 0.15) is 0 Å². The number of hydrogen-bond donors (Lipinski definition) is 0. The fourth-order valence-corrected chi connectivity index (χ4v) is 2.80. The van der Waals surface area contributed by atoms with E-state index in [4.69, 9.17) is 4.74 Å². The summed E-state index contributed by atoms with van der Waals surface area (Å²) >= 11 is 0. The lowest BCUT2D eigenvalue weighted by atomic mass is 9.83. The van der Waals surface area contributed by atoms with E-state index in [2.05, 4.69) is 23.6 Å². The molecule has 0 bridgehead atoms. The lowest BCUT2D eigenvalue weighted by Crippen LogP contribution is -2.43. The van der Waals surface area contributed by atoms with E-state index in [9.17, 15) is 4.79 Å². The van der Waals surface area contributed by atoms with Gasteiger partial charge in [0, 0.05) is 12.6 Å². The monoisotopic (exact) mass is 256 g/mol. The summed E-state index contributed by atoms with van der Waals surface area (Å²) in [5.41, 5.74) is 0. The zero-order chi connectivity index (χ0) is 13.7. The topological polar surface area (TPSA) is 32.8 Å². The molecule has 4 heteroatoms. The summed E-state index contributed by atoms with van der Waals surface area (Å²) in [5.74, 6) is 0.445. The molecule has 18 heavy (non-hydrogen) atoms. The van der Waals surface area contributed by atoms with E-state index in [1.165, 1.54) is 7.11 Å². The highest BCUT2D eigenvalue weighted by Gasteiger charge is 2.32. The number of carbonyl (C=O) groups excluding carboxylic acids is 1. The number of hydrogen-bond acceptors (Lipinski definition) is 4. The first kappa shape index (κ1) is 15.4. The number of carbonyl (C=O) groups is 1. The second-order valence-corrected chi connectivity index (χ2v) is 5.86. The number of esters is 1. The molecule has 0 saturated carbocycles. The van der Waals surface area contributed by atoms with Crippen LogP contribution in [0.1, 0.15) is 26.7 Å². The third-order valence-corrected chi connectivity index (χ3v) is 3.94. The van der Waals surface area contributed by atoms with Gasteiger partial charge in [0.05, 0.1) is 13.0 Å². The highest BCUT2D eigenvalue weighted by molar-refractivity contribution is 5.72. The minimum Gasteiger partial charge on any atom is -0.469 e. The first-order valence-electron chi connectivity index (χ1n) is 6.92. The van der Waals surface area contributed by atoms with Gasteiger partial charge in [-0.3, -0.25) is 4.79 Å². The normalized spacial score (nSPS) is 20.4. The molecule has 1 fully saturated rings. The van der Waals surface area contributed by atoms with Crippen molar-refractivity contribution in [3.05, 3.63) is 0 Å². The summed E-state index contributed by atoms with van der Waals surface area (Å²) < 4.78 is 4.96. The number of rotatable bonds is 5. The van der Waals surface area contributed by atoms with E-state index < -0.39 is 0 Å². The van der Waals surface area contributed by atoms with Crippen LogP contribution < -0.4 is 0 Å². The SMILES string of the molecule is COC(=O)C(CN(C)C)C1CCN(C(C)C)CC1. The van der Waals surface area contributed by atoms with Crippen LogP contribution in [-0.2, 0) is 9.53 Å². The molecular formula is C14H28N2O2. The van der Waals surface area contributed by atoms with E-state index in [0.717, 1.165) is 32.5 Å². The Morgan fingerprint density at radius 3 is 2.28 bits per heavy atom. The maximum atomic E-state index is 11.9. The smallest absolute Gasteiger partial charge is 0.310 e. The van der Waals surface area contributed by atoms with Crippen molar-refractivity contribution < 1.29 is 9.53 Å². The Labute approximate surface area is 111 Å². The van der Waals surface area contributed by atoms with Gasteiger partial charge in [-0.15, -0.1) is 0 Å². The second-order valence-electron chi connectivity index (χ2n) is 5.86. The zero-order valence-electron chi connectivity index (χ0n) is 12.5. The first-order chi connectivity index (χ1) is 8.45. The maximum absolute atomic E-state index is 11.9. The van der Waals surface area contributed by atoms with Crippen LogP contribution in [0.3, 0.4) is 0 Å². The van der Waals surface area contributed by atoms with Crippen LogP contribution in [0.2, 0.25) is 0 Å². The molecule has 0 N–H and O–H groups in total. The number of piperidine rings is 1. The van der Waals surface area contributed by atoms with Crippen molar-refractivity contribution in [1.82, 2.24) is 9.80 Å². The van der Waals surface area contributed by atoms with Crippen LogP contribution in [-0.4, -0.2) is 62.7 Å². The highest BCUT2D eigenvalue weighted by atomic mass is 16.5. The quantitative estimate of drug-likeness (QED) is 0.697. The summed E-state index contributed by atoms with van der Waals surface area (Å²) in [4.78, 5) is 16.5. The van der Waals surface area contributed by atoms with Crippen molar-refractivity contribution >= 4 is 5.97 Å².